The number of anilines is 1. The molecule has 4 nitrogen and oxygen atoms in total. The van der Waals surface area contributed by atoms with E-state index >= 15 is 0 Å². The number of benzene rings is 1. The van der Waals surface area contributed by atoms with Crippen LogP contribution in [0.4, 0.5) is 5.69 Å². The maximum absolute atomic E-state index is 12.3. The molecule has 0 fully saturated rings. The average molecular weight is 248 g/mol. The molecule has 0 spiro atoms. The van der Waals surface area contributed by atoms with Crippen LogP contribution in [-0.2, 0) is 4.79 Å². The van der Waals surface area contributed by atoms with Crippen LogP contribution in [0.3, 0.4) is 0 Å². The van der Waals surface area contributed by atoms with Crippen molar-refractivity contribution in [2.75, 3.05) is 25.5 Å². The fourth-order valence-electron chi connectivity index (χ4n) is 2.26. The van der Waals surface area contributed by atoms with E-state index in [9.17, 15) is 9.90 Å². The smallest absolute Gasteiger partial charge is 0.231 e. The fraction of sp³-hybridized carbons (Fsp3) is 0.500. The molecule has 2 atom stereocenters. The van der Waals surface area contributed by atoms with Crippen molar-refractivity contribution in [2.45, 2.75) is 25.4 Å². The standard InChI is InChI=1S/C14H20N2O2/c1-10(17)7-8-16(2)14(18)12-9-15-13-6-4-3-5-11(12)13/h3-6,10,12,15,17H,7-9H2,1-2H3. The number of fused-ring (bicyclic) bond motifs is 1. The van der Waals surface area contributed by atoms with E-state index in [1.54, 1.807) is 18.9 Å². The molecule has 1 amide bonds. The van der Waals surface area contributed by atoms with Crippen LogP contribution in [0.25, 0.3) is 0 Å². The highest BCUT2D eigenvalue weighted by atomic mass is 16.3. The van der Waals surface area contributed by atoms with E-state index < -0.39 is 0 Å². The lowest BCUT2D eigenvalue weighted by atomic mass is 10.00. The van der Waals surface area contributed by atoms with E-state index in [0.29, 0.717) is 19.5 Å². The first-order valence-corrected chi connectivity index (χ1v) is 6.35. The van der Waals surface area contributed by atoms with Crippen molar-refractivity contribution in [3.05, 3.63) is 29.8 Å². The highest BCUT2D eigenvalue weighted by Crippen LogP contribution is 2.32. The van der Waals surface area contributed by atoms with Crippen LogP contribution in [-0.4, -0.2) is 42.2 Å². The Balaban J connectivity index is 2.02. The lowest BCUT2D eigenvalue weighted by molar-refractivity contribution is -0.131. The summed E-state index contributed by atoms with van der Waals surface area (Å²) >= 11 is 0. The Morgan fingerprint density at radius 3 is 3.00 bits per heavy atom. The maximum Gasteiger partial charge on any atom is 0.231 e. The summed E-state index contributed by atoms with van der Waals surface area (Å²) in [5, 5.41) is 12.5. The molecule has 18 heavy (non-hydrogen) atoms. The number of amides is 1. The van der Waals surface area contributed by atoms with Crippen molar-refractivity contribution in [3.8, 4) is 0 Å². The van der Waals surface area contributed by atoms with Crippen molar-refractivity contribution >= 4 is 11.6 Å². The third-order valence-corrected chi connectivity index (χ3v) is 3.39. The van der Waals surface area contributed by atoms with Crippen LogP contribution < -0.4 is 5.32 Å². The Morgan fingerprint density at radius 2 is 2.28 bits per heavy atom. The molecule has 1 aliphatic rings. The van der Waals surface area contributed by atoms with Crippen LogP contribution in [0, 0.1) is 0 Å². The third-order valence-electron chi connectivity index (χ3n) is 3.39. The Kier molecular flexibility index (Phi) is 3.87. The molecule has 1 aliphatic heterocycles. The van der Waals surface area contributed by atoms with Crippen LogP contribution in [0.15, 0.2) is 24.3 Å². The fourth-order valence-corrected chi connectivity index (χ4v) is 2.26. The van der Waals surface area contributed by atoms with Crippen molar-refractivity contribution in [2.24, 2.45) is 0 Å². The van der Waals surface area contributed by atoms with Gasteiger partial charge in [0.15, 0.2) is 0 Å². The molecule has 4 heteroatoms. The first-order chi connectivity index (χ1) is 8.59. The number of aliphatic hydroxyl groups excluding tert-OH is 1. The van der Waals surface area contributed by atoms with Crippen LogP contribution in [0.5, 0.6) is 0 Å². The van der Waals surface area contributed by atoms with Gasteiger partial charge in [-0.2, -0.15) is 0 Å². The number of aliphatic hydroxyl groups is 1. The van der Waals surface area contributed by atoms with E-state index in [2.05, 4.69) is 5.32 Å². The van der Waals surface area contributed by atoms with Gasteiger partial charge in [0.05, 0.1) is 12.0 Å². The molecule has 2 N–H and O–H groups in total. The molecular formula is C14H20N2O2. The maximum atomic E-state index is 12.3. The van der Waals surface area contributed by atoms with Crippen LogP contribution >= 0.6 is 0 Å². The lowest BCUT2D eigenvalue weighted by Crippen LogP contribution is -2.34. The molecule has 1 aromatic carbocycles. The molecule has 1 aromatic rings. The van der Waals surface area contributed by atoms with Crippen LogP contribution in [0.1, 0.15) is 24.8 Å². The molecular weight excluding hydrogens is 228 g/mol. The SMILES string of the molecule is CC(O)CCN(C)C(=O)C1CNc2ccccc21. The minimum atomic E-state index is -0.366. The van der Waals surface area contributed by atoms with Crippen molar-refractivity contribution in [1.29, 1.82) is 0 Å². The highest BCUT2D eigenvalue weighted by Gasteiger charge is 2.30. The number of hydrogen-bond acceptors (Lipinski definition) is 3. The summed E-state index contributed by atoms with van der Waals surface area (Å²) in [6.45, 7) is 3.00. The normalized spacial score (nSPS) is 18.9. The number of para-hydroxylation sites is 1. The molecule has 1 heterocycles. The lowest BCUT2D eigenvalue weighted by Gasteiger charge is -2.21. The molecule has 0 aliphatic carbocycles. The van der Waals surface area contributed by atoms with Gasteiger partial charge in [-0.15, -0.1) is 0 Å². The Hall–Kier alpha value is -1.55. The number of nitrogens with zero attached hydrogens (tertiary/aromatic N) is 1. The van der Waals surface area contributed by atoms with Gasteiger partial charge >= 0.3 is 0 Å². The van der Waals surface area contributed by atoms with Gasteiger partial charge in [-0.1, -0.05) is 18.2 Å². The molecule has 0 radical (unpaired) electrons. The van der Waals surface area contributed by atoms with Gasteiger partial charge in [-0.05, 0) is 25.0 Å². The Bertz CT molecular complexity index is 432. The van der Waals surface area contributed by atoms with E-state index in [0.717, 1.165) is 11.3 Å². The van der Waals surface area contributed by atoms with Crippen LogP contribution in [0.2, 0.25) is 0 Å². The number of hydrogen-bond donors (Lipinski definition) is 2. The van der Waals surface area contributed by atoms with Gasteiger partial charge in [0.2, 0.25) is 5.91 Å². The molecule has 2 rings (SSSR count). The van der Waals surface area contributed by atoms with E-state index in [1.165, 1.54) is 0 Å². The van der Waals surface area contributed by atoms with Gasteiger partial charge in [-0.25, -0.2) is 0 Å². The minimum Gasteiger partial charge on any atom is -0.393 e. The second-order valence-corrected chi connectivity index (χ2v) is 4.92. The summed E-state index contributed by atoms with van der Waals surface area (Å²) in [4.78, 5) is 14.0. The van der Waals surface area contributed by atoms with Gasteiger partial charge in [-0.3, -0.25) is 4.79 Å². The highest BCUT2D eigenvalue weighted by molar-refractivity contribution is 5.88. The summed E-state index contributed by atoms with van der Waals surface area (Å²) in [7, 11) is 1.80. The second kappa shape index (κ2) is 5.40. The zero-order chi connectivity index (χ0) is 13.1. The van der Waals surface area contributed by atoms with E-state index in [4.69, 9.17) is 0 Å². The van der Waals surface area contributed by atoms with Crippen molar-refractivity contribution in [1.82, 2.24) is 4.90 Å². The predicted octanol–water partition coefficient (Wildman–Crippen LogP) is 1.42. The average Bonchev–Trinajstić information content (AvgIpc) is 2.78. The molecule has 0 bridgehead atoms. The third kappa shape index (κ3) is 2.64. The minimum absolute atomic E-state index is 0.0970. The number of rotatable bonds is 4. The van der Waals surface area contributed by atoms with Gasteiger partial charge in [0.1, 0.15) is 0 Å². The molecule has 98 valence electrons. The number of carbonyl (C=O) groups excluding carboxylic acids is 1. The van der Waals surface area contributed by atoms with E-state index in [-0.39, 0.29) is 17.9 Å². The quantitative estimate of drug-likeness (QED) is 0.847. The largest absolute Gasteiger partial charge is 0.393 e. The van der Waals surface area contributed by atoms with Gasteiger partial charge < -0.3 is 15.3 Å². The molecule has 0 saturated carbocycles. The number of likely N-dealkylation sites (N-methyl/N-ethyl adjacent to an activating group) is 1. The monoisotopic (exact) mass is 248 g/mol. The predicted molar refractivity (Wildman–Crippen MR) is 71.6 cm³/mol. The first kappa shape index (κ1) is 12.9. The van der Waals surface area contributed by atoms with Gasteiger partial charge in [0.25, 0.3) is 0 Å². The number of carbonyl (C=O) groups is 1. The summed E-state index contributed by atoms with van der Waals surface area (Å²) < 4.78 is 0. The van der Waals surface area contributed by atoms with Crippen molar-refractivity contribution in [3.63, 3.8) is 0 Å². The van der Waals surface area contributed by atoms with Gasteiger partial charge in [0, 0.05) is 25.8 Å². The summed E-state index contributed by atoms with van der Waals surface area (Å²) in [6.07, 6.45) is 0.249. The summed E-state index contributed by atoms with van der Waals surface area (Å²) in [5.41, 5.74) is 2.13. The molecule has 0 aromatic heterocycles. The Labute approximate surface area is 108 Å². The molecule has 2 unspecified atom stereocenters. The summed E-state index contributed by atoms with van der Waals surface area (Å²) in [5.74, 6) is 0.0216. The topological polar surface area (TPSA) is 52.6 Å². The molecule has 0 saturated heterocycles. The number of nitrogens with one attached hydrogen (secondary N) is 1. The van der Waals surface area contributed by atoms with Crippen molar-refractivity contribution < 1.29 is 9.90 Å². The Morgan fingerprint density at radius 1 is 1.56 bits per heavy atom. The summed E-state index contributed by atoms with van der Waals surface area (Å²) in [6, 6.07) is 7.93. The zero-order valence-corrected chi connectivity index (χ0v) is 10.9. The first-order valence-electron chi connectivity index (χ1n) is 6.35. The second-order valence-electron chi connectivity index (χ2n) is 4.92. The van der Waals surface area contributed by atoms with E-state index in [1.807, 2.05) is 24.3 Å². The zero-order valence-electron chi connectivity index (χ0n) is 10.9.